The normalized spacial score (nSPS) is 26.2. The number of nitrogens with zero attached hydrogens (tertiary/aromatic N) is 2. The number of hydrogen-bond acceptors (Lipinski definition) is 3. The maximum Gasteiger partial charge on any atom is 0.142 e. The Balaban J connectivity index is 1.90. The average Bonchev–Trinajstić information content (AvgIpc) is 2.94. The highest BCUT2D eigenvalue weighted by molar-refractivity contribution is 5.59. The molecule has 1 aromatic carbocycles. The minimum atomic E-state index is 0.584. The van der Waals surface area contributed by atoms with Gasteiger partial charge in [0.2, 0.25) is 0 Å². The molecule has 0 spiro atoms. The summed E-state index contributed by atoms with van der Waals surface area (Å²) in [5.41, 5.74) is 1.28. The number of benzene rings is 1. The predicted molar refractivity (Wildman–Crippen MR) is 88.2 cm³/mol. The highest BCUT2D eigenvalue weighted by Gasteiger charge is 2.38. The van der Waals surface area contributed by atoms with Crippen LogP contribution in [0.4, 0.5) is 5.69 Å². The van der Waals surface area contributed by atoms with Crippen molar-refractivity contribution in [2.45, 2.75) is 45.7 Å². The highest BCUT2D eigenvalue weighted by atomic mass is 16.5. The van der Waals surface area contributed by atoms with Gasteiger partial charge in [-0.05, 0) is 44.4 Å². The summed E-state index contributed by atoms with van der Waals surface area (Å²) in [6.45, 7) is 11.1. The van der Waals surface area contributed by atoms with Gasteiger partial charge in [-0.2, -0.15) is 0 Å². The molecule has 0 N–H and O–H groups in total. The van der Waals surface area contributed by atoms with Crippen LogP contribution >= 0.6 is 0 Å². The van der Waals surface area contributed by atoms with Gasteiger partial charge in [-0.15, -0.1) is 0 Å². The first-order valence-electron chi connectivity index (χ1n) is 8.43. The number of piperazine rings is 1. The molecule has 3 heteroatoms. The van der Waals surface area contributed by atoms with Gasteiger partial charge in [-0.3, -0.25) is 4.90 Å². The summed E-state index contributed by atoms with van der Waals surface area (Å²) in [7, 11) is 0. The van der Waals surface area contributed by atoms with Crippen LogP contribution in [0.2, 0.25) is 0 Å². The molecule has 2 atom stereocenters. The minimum Gasteiger partial charge on any atom is -0.492 e. The van der Waals surface area contributed by atoms with Gasteiger partial charge >= 0.3 is 0 Å². The molecule has 0 amide bonds. The summed E-state index contributed by atoms with van der Waals surface area (Å²) in [4.78, 5) is 5.31. The third kappa shape index (κ3) is 2.89. The Morgan fingerprint density at radius 1 is 1.24 bits per heavy atom. The van der Waals surface area contributed by atoms with Gasteiger partial charge < -0.3 is 9.64 Å². The van der Waals surface area contributed by atoms with Gasteiger partial charge in [-0.1, -0.05) is 26.0 Å². The molecule has 2 saturated heterocycles. The van der Waals surface area contributed by atoms with E-state index in [1.54, 1.807) is 0 Å². The van der Waals surface area contributed by atoms with Gasteiger partial charge in [0.1, 0.15) is 5.75 Å². The van der Waals surface area contributed by atoms with Crippen molar-refractivity contribution in [3.63, 3.8) is 0 Å². The van der Waals surface area contributed by atoms with Gasteiger partial charge in [-0.25, -0.2) is 0 Å². The van der Waals surface area contributed by atoms with Crippen LogP contribution in [-0.4, -0.2) is 43.2 Å². The van der Waals surface area contributed by atoms with Crippen LogP contribution in [0, 0.1) is 5.92 Å². The predicted octanol–water partition coefficient (Wildman–Crippen LogP) is 3.39. The van der Waals surface area contributed by atoms with Crippen LogP contribution in [0.25, 0.3) is 0 Å². The Labute approximate surface area is 128 Å². The molecule has 2 aliphatic heterocycles. The van der Waals surface area contributed by atoms with Crippen LogP contribution < -0.4 is 9.64 Å². The van der Waals surface area contributed by atoms with Gasteiger partial charge in [0.05, 0.1) is 12.3 Å². The first-order valence-corrected chi connectivity index (χ1v) is 8.43. The molecule has 2 fully saturated rings. The summed E-state index contributed by atoms with van der Waals surface area (Å²) in [5, 5.41) is 0. The highest BCUT2D eigenvalue weighted by Crippen LogP contribution is 2.36. The second-order valence-corrected chi connectivity index (χ2v) is 6.66. The molecule has 1 aromatic rings. The molecule has 3 nitrogen and oxygen atoms in total. The van der Waals surface area contributed by atoms with Crippen molar-refractivity contribution >= 4 is 5.69 Å². The van der Waals surface area contributed by atoms with Crippen LogP contribution in [0.1, 0.15) is 33.6 Å². The Hall–Kier alpha value is -1.22. The number of para-hydroxylation sites is 2. The summed E-state index contributed by atoms with van der Waals surface area (Å²) < 4.78 is 5.87. The van der Waals surface area contributed by atoms with E-state index in [4.69, 9.17) is 4.74 Å². The molecule has 0 aromatic heterocycles. The lowest BCUT2D eigenvalue weighted by Gasteiger charge is -2.47. The molecule has 0 radical (unpaired) electrons. The quantitative estimate of drug-likeness (QED) is 0.844. The van der Waals surface area contributed by atoms with Crippen LogP contribution in [0.3, 0.4) is 0 Å². The van der Waals surface area contributed by atoms with E-state index in [0.29, 0.717) is 12.0 Å². The monoisotopic (exact) mass is 288 g/mol. The summed E-state index contributed by atoms with van der Waals surface area (Å²) in [6.07, 6.45) is 2.70. The number of anilines is 1. The fraction of sp³-hybridized carbons (Fsp3) is 0.667. The molecule has 0 bridgehead atoms. The molecule has 0 saturated carbocycles. The zero-order valence-corrected chi connectivity index (χ0v) is 13.6. The van der Waals surface area contributed by atoms with Crippen molar-refractivity contribution in [3.05, 3.63) is 24.3 Å². The number of rotatable bonds is 4. The fourth-order valence-corrected chi connectivity index (χ4v) is 3.86. The third-order valence-corrected chi connectivity index (χ3v) is 4.97. The Kier molecular flexibility index (Phi) is 4.39. The van der Waals surface area contributed by atoms with E-state index in [2.05, 4.69) is 54.8 Å². The lowest BCUT2D eigenvalue weighted by molar-refractivity contribution is 0.175. The lowest BCUT2D eigenvalue weighted by Crippen LogP contribution is -2.58. The molecular formula is C18H28N2O. The summed E-state index contributed by atoms with van der Waals surface area (Å²) >= 11 is 0. The number of fused-ring (bicyclic) bond motifs is 1. The zero-order valence-electron chi connectivity index (χ0n) is 13.6. The number of hydrogen-bond donors (Lipinski definition) is 0. The SMILES string of the molecule is CCOc1ccccc1N1CC2CCCN2CC1C(C)C. The minimum absolute atomic E-state index is 0.584. The van der Waals surface area contributed by atoms with Crippen molar-refractivity contribution < 1.29 is 4.74 Å². The van der Waals surface area contributed by atoms with E-state index < -0.39 is 0 Å². The van der Waals surface area contributed by atoms with E-state index in [-0.39, 0.29) is 0 Å². The molecule has 2 unspecified atom stereocenters. The summed E-state index contributed by atoms with van der Waals surface area (Å²) in [5.74, 6) is 1.69. The van der Waals surface area contributed by atoms with E-state index >= 15 is 0 Å². The molecule has 2 aliphatic rings. The molecule has 116 valence electrons. The van der Waals surface area contributed by atoms with Crippen molar-refractivity contribution in [3.8, 4) is 5.75 Å². The molecule has 21 heavy (non-hydrogen) atoms. The Morgan fingerprint density at radius 3 is 2.81 bits per heavy atom. The van der Waals surface area contributed by atoms with Gasteiger partial charge in [0.15, 0.2) is 0 Å². The van der Waals surface area contributed by atoms with Gasteiger partial charge in [0.25, 0.3) is 0 Å². The maximum absolute atomic E-state index is 5.87. The van der Waals surface area contributed by atoms with Crippen LogP contribution in [0.5, 0.6) is 5.75 Å². The van der Waals surface area contributed by atoms with Crippen LogP contribution in [-0.2, 0) is 0 Å². The fourth-order valence-electron chi connectivity index (χ4n) is 3.86. The topological polar surface area (TPSA) is 15.7 Å². The lowest BCUT2D eigenvalue weighted by atomic mass is 9.96. The molecular weight excluding hydrogens is 260 g/mol. The van der Waals surface area contributed by atoms with Crippen molar-refractivity contribution in [2.75, 3.05) is 31.1 Å². The maximum atomic E-state index is 5.87. The number of ether oxygens (including phenoxy) is 1. The first-order chi connectivity index (χ1) is 10.2. The first kappa shape index (κ1) is 14.7. The largest absolute Gasteiger partial charge is 0.492 e. The van der Waals surface area contributed by atoms with E-state index in [1.807, 2.05) is 0 Å². The van der Waals surface area contributed by atoms with Gasteiger partial charge in [0, 0.05) is 25.2 Å². The summed E-state index contributed by atoms with van der Waals surface area (Å²) in [6, 6.07) is 9.86. The second kappa shape index (κ2) is 6.27. The third-order valence-electron chi connectivity index (χ3n) is 4.97. The molecule has 0 aliphatic carbocycles. The Bertz CT molecular complexity index is 474. The van der Waals surface area contributed by atoms with Crippen LogP contribution in [0.15, 0.2) is 24.3 Å². The van der Waals surface area contributed by atoms with E-state index in [1.165, 1.54) is 31.6 Å². The standard InChI is InChI=1S/C18H28N2O/c1-4-21-18-10-6-5-9-16(18)20-12-15-8-7-11-19(15)13-17(20)14(2)3/h5-6,9-10,14-15,17H,4,7-8,11-13H2,1-3H3. The van der Waals surface area contributed by atoms with E-state index in [0.717, 1.165) is 24.9 Å². The van der Waals surface area contributed by atoms with E-state index in [9.17, 15) is 0 Å². The average molecular weight is 288 g/mol. The second-order valence-electron chi connectivity index (χ2n) is 6.66. The molecule has 3 rings (SSSR count). The zero-order chi connectivity index (χ0) is 14.8. The van der Waals surface area contributed by atoms with Crippen molar-refractivity contribution in [2.24, 2.45) is 5.92 Å². The van der Waals surface area contributed by atoms with Crippen molar-refractivity contribution in [1.82, 2.24) is 4.90 Å². The smallest absolute Gasteiger partial charge is 0.142 e. The van der Waals surface area contributed by atoms with Crippen molar-refractivity contribution in [1.29, 1.82) is 0 Å². The molecule has 2 heterocycles. The Morgan fingerprint density at radius 2 is 2.05 bits per heavy atom.